The molecule has 2 unspecified atom stereocenters. The molecule has 2 aromatic carbocycles. The summed E-state index contributed by atoms with van der Waals surface area (Å²) in [5, 5.41) is 2.14. The highest BCUT2D eigenvalue weighted by atomic mass is 16.7. The standard InChI is InChI=1S/C22H22N2O/c1-17(18-10-4-2-5-11-18)24-21(19-12-6-3-7-13-19)16-22(25-24)20-14-8-9-15-23-20/h2-15,17,21-22H,16H2,1H3/t17-,21?,22?/m1/s1. The van der Waals surface area contributed by atoms with Crippen molar-refractivity contribution in [2.24, 2.45) is 0 Å². The zero-order valence-corrected chi connectivity index (χ0v) is 14.3. The van der Waals surface area contributed by atoms with Crippen LogP contribution in [0.5, 0.6) is 0 Å². The van der Waals surface area contributed by atoms with E-state index < -0.39 is 0 Å². The molecule has 4 rings (SSSR count). The van der Waals surface area contributed by atoms with Crippen molar-refractivity contribution >= 4 is 0 Å². The molecule has 2 heterocycles. The first-order chi connectivity index (χ1) is 12.3. The Kier molecular flexibility index (Phi) is 4.59. The average Bonchev–Trinajstić information content (AvgIpc) is 3.15. The summed E-state index contributed by atoms with van der Waals surface area (Å²) in [6.45, 7) is 2.20. The van der Waals surface area contributed by atoms with E-state index in [1.807, 2.05) is 30.5 Å². The first-order valence-electron chi connectivity index (χ1n) is 8.79. The molecule has 25 heavy (non-hydrogen) atoms. The lowest BCUT2D eigenvalue weighted by molar-refractivity contribution is -0.191. The molecule has 1 aromatic heterocycles. The minimum absolute atomic E-state index is 0.0161. The molecule has 0 saturated carbocycles. The smallest absolute Gasteiger partial charge is 0.123 e. The van der Waals surface area contributed by atoms with Crippen molar-refractivity contribution in [1.82, 2.24) is 10.0 Å². The van der Waals surface area contributed by atoms with Gasteiger partial charge in [-0.1, -0.05) is 66.7 Å². The summed E-state index contributed by atoms with van der Waals surface area (Å²) < 4.78 is 0. The van der Waals surface area contributed by atoms with Crippen LogP contribution in [0.4, 0.5) is 0 Å². The maximum atomic E-state index is 6.40. The summed E-state index contributed by atoms with van der Waals surface area (Å²) in [6, 6.07) is 27.5. The molecule has 1 saturated heterocycles. The van der Waals surface area contributed by atoms with E-state index in [1.54, 1.807) is 0 Å². The van der Waals surface area contributed by atoms with Crippen LogP contribution < -0.4 is 0 Å². The lowest BCUT2D eigenvalue weighted by Crippen LogP contribution is -2.25. The van der Waals surface area contributed by atoms with Crippen LogP contribution in [0.25, 0.3) is 0 Å². The van der Waals surface area contributed by atoms with Crippen LogP contribution in [0.1, 0.15) is 48.4 Å². The second-order valence-corrected chi connectivity index (χ2v) is 6.46. The lowest BCUT2D eigenvalue weighted by Gasteiger charge is -2.29. The van der Waals surface area contributed by atoms with Gasteiger partial charge in [0.25, 0.3) is 0 Å². The molecule has 3 nitrogen and oxygen atoms in total. The predicted molar refractivity (Wildman–Crippen MR) is 98.6 cm³/mol. The van der Waals surface area contributed by atoms with Gasteiger partial charge in [0, 0.05) is 12.6 Å². The van der Waals surface area contributed by atoms with Crippen molar-refractivity contribution in [2.75, 3.05) is 0 Å². The minimum atomic E-state index is -0.0161. The van der Waals surface area contributed by atoms with Gasteiger partial charge in [-0.25, -0.2) is 0 Å². The number of benzene rings is 2. The summed E-state index contributed by atoms with van der Waals surface area (Å²) >= 11 is 0. The molecule has 126 valence electrons. The number of hydrogen-bond donors (Lipinski definition) is 0. The number of aromatic nitrogens is 1. The molecule has 3 heteroatoms. The molecular weight excluding hydrogens is 308 g/mol. The fourth-order valence-corrected chi connectivity index (χ4v) is 3.51. The second-order valence-electron chi connectivity index (χ2n) is 6.46. The quantitative estimate of drug-likeness (QED) is 0.652. The average molecular weight is 330 g/mol. The van der Waals surface area contributed by atoms with E-state index in [0.29, 0.717) is 0 Å². The van der Waals surface area contributed by atoms with E-state index in [0.717, 1.165) is 12.1 Å². The first kappa shape index (κ1) is 16.0. The van der Waals surface area contributed by atoms with Crippen LogP contribution in [0.3, 0.4) is 0 Å². The summed E-state index contributed by atoms with van der Waals surface area (Å²) in [6.07, 6.45) is 2.72. The van der Waals surface area contributed by atoms with Gasteiger partial charge in [-0.3, -0.25) is 9.82 Å². The van der Waals surface area contributed by atoms with Gasteiger partial charge in [-0.2, -0.15) is 5.06 Å². The second kappa shape index (κ2) is 7.18. The first-order valence-corrected chi connectivity index (χ1v) is 8.79. The Hall–Kier alpha value is -2.49. The number of hydroxylamine groups is 2. The Labute approximate surface area is 148 Å². The number of nitrogens with zero attached hydrogens (tertiary/aromatic N) is 2. The van der Waals surface area contributed by atoms with E-state index >= 15 is 0 Å². The van der Waals surface area contributed by atoms with Crippen molar-refractivity contribution in [3.63, 3.8) is 0 Å². The van der Waals surface area contributed by atoms with E-state index in [9.17, 15) is 0 Å². The van der Waals surface area contributed by atoms with Crippen LogP contribution in [0.15, 0.2) is 85.1 Å². The Morgan fingerprint density at radius 1 is 0.920 bits per heavy atom. The Morgan fingerprint density at radius 2 is 1.60 bits per heavy atom. The van der Waals surface area contributed by atoms with E-state index in [4.69, 9.17) is 4.84 Å². The van der Waals surface area contributed by atoms with E-state index in [1.165, 1.54) is 11.1 Å². The fourth-order valence-electron chi connectivity index (χ4n) is 3.51. The van der Waals surface area contributed by atoms with E-state index in [2.05, 4.69) is 71.6 Å². The van der Waals surface area contributed by atoms with Gasteiger partial charge >= 0.3 is 0 Å². The zero-order chi connectivity index (χ0) is 17.1. The van der Waals surface area contributed by atoms with Gasteiger partial charge in [0.15, 0.2) is 0 Å². The number of hydrogen-bond acceptors (Lipinski definition) is 3. The van der Waals surface area contributed by atoms with Gasteiger partial charge in [0.1, 0.15) is 6.10 Å². The van der Waals surface area contributed by atoms with Crippen LogP contribution in [-0.2, 0) is 4.84 Å². The van der Waals surface area contributed by atoms with Gasteiger partial charge < -0.3 is 0 Å². The van der Waals surface area contributed by atoms with Crippen LogP contribution >= 0.6 is 0 Å². The molecule has 0 bridgehead atoms. The van der Waals surface area contributed by atoms with Gasteiger partial charge in [-0.15, -0.1) is 0 Å². The molecule has 0 amide bonds. The molecular formula is C22H22N2O. The number of pyridine rings is 1. The highest BCUT2D eigenvalue weighted by Gasteiger charge is 2.38. The third kappa shape index (κ3) is 3.34. The molecule has 0 radical (unpaired) electrons. The molecule has 1 aliphatic rings. The maximum absolute atomic E-state index is 6.40. The van der Waals surface area contributed by atoms with Crippen molar-refractivity contribution in [1.29, 1.82) is 0 Å². The number of rotatable bonds is 4. The third-order valence-electron chi connectivity index (χ3n) is 4.86. The molecule has 1 aliphatic heterocycles. The van der Waals surface area contributed by atoms with Crippen molar-refractivity contribution in [3.05, 3.63) is 102 Å². The Bertz CT molecular complexity index is 792. The van der Waals surface area contributed by atoms with Crippen LogP contribution in [-0.4, -0.2) is 10.0 Å². The Morgan fingerprint density at radius 3 is 2.28 bits per heavy atom. The summed E-state index contributed by atoms with van der Waals surface area (Å²) in [5.41, 5.74) is 3.53. The molecule has 0 N–H and O–H groups in total. The summed E-state index contributed by atoms with van der Waals surface area (Å²) in [4.78, 5) is 10.9. The van der Waals surface area contributed by atoms with Crippen molar-refractivity contribution in [3.8, 4) is 0 Å². The molecule has 0 aliphatic carbocycles. The molecule has 0 spiro atoms. The zero-order valence-electron chi connectivity index (χ0n) is 14.3. The van der Waals surface area contributed by atoms with Crippen LogP contribution in [0.2, 0.25) is 0 Å². The predicted octanol–water partition coefficient (Wildman–Crippen LogP) is 5.26. The van der Waals surface area contributed by atoms with Crippen molar-refractivity contribution in [2.45, 2.75) is 31.5 Å². The monoisotopic (exact) mass is 330 g/mol. The lowest BCUT2D eigenvalue weighted by atomic mass is 9.98. The topological polar surface area (TPSA) is 25.4 Å². The van der Waals surface area contributed by atoms with Gasteiger partial charge in [0.05, 0.1) is 17.8 Å². The Balaban J connectivity index is 1.66. The third-order valence-corrected chi connectivity index (χ3v) is 4.86. The van der Waals surface area contributed by atoms with E-state index in [-0.39, 0.29) is 18.2 Å². The normalized spacial score (nSPS) is 22.0. The summed E-state index contributed by atoms with van der Waals surface area (Å²) in [7, 11) is 0. The van der Waals surface area contributed by atoms with Gasteiger partial charge in [0.2, 0.25) is 0 Å². The largest absolute Gasteiger partial charge is 0.288 e. The van der Waals surface area contributed by atoms with Crippen molar-refractivity contribution < 1.29 is 4.84 Å². The molecule has 1 fully saturated rings. The maximum Gasteiger partial charge on any atom is 0.123 e. The SMILES string of the molecule is C[C@H](c1ccccc1)N1OC(c2ccccn2)CC1c1ccccc1. The molecule has 3 atom stereocenters. The highest BCUT2D eigenvalue weighted by Crippen LogP contribution is 2.45. The van der Waals surface area contributed by atoms with Crippen LogP contribution in [0, 0.1) is 0 Å². The molecule has 3 aromatic rings. The minimum Gasteiger partial charge on any atom is -0.288 e. The van der Waals surface area contributed by atoms with Gasteiger partial charge in [-0.05, 0) is 30.2 Å². The highest BCUT2D eigenvalue weighted by molar-refractivity contribution is 5.24. The fraction of sp³-hybridized carbons (Fsp3) is 0.227. The summed E-state index contributed by atoms with van der Waals surface area (Å²) in [5.74, 6) is 0.